The van der Waals surface area contributed by atoms with E-state index >= 15 is 0 Å². The number of methoxy groups -OCH3 is 1. The molecule has 0 spiro atoms. The minimum atomic E-state index is -0.768. The number of morpholine rings is 1. The average Bonchev–Trinajstić information content (AvgIpc) is 2.78. The third kappa shape index (κ3) is 4.02. The third-order valence-corrected chi connectivity index (χ3v) is 5.35. The molecule has 2 fully saturated rings. The number of amides is 4. The molecule has 2 saturated heterocycles. The van der Waals surface area contributed by atoms with Gasteiger partial charge in [0.15, 0.2) is 0 Å². The van der Waals surface area contributed by atoms with Crippen LogP contribution in [0.25, 0.3) is 6.08 Å². The second kappa shape index (κ2) is 8.61. The molecule has 0 unspecified atom stereocenters. The Morgan fingerprint density at radius 3 is 2.52 bits per heavy atom. The molecule has 2 aromatic carbocycles. The van der Waals surface area contributed by atoms with Gasteiger partial charge in [-0.2, -0.15) is 0 Å². The number of benzene rings is 2. The molecule has 0 aliphatic carbocycles. The number of hydrogen-bond acceptors (Lipinski definition) is 6. The molecule has 0 aromatic heterocycles. The Kier molecular flexibility index (Phi) is 5.73. The predicted molar refractivity (Wildman–Crippen MR) is 116 cm³/mol. The lowest BCUT2D eigenvalue weighted by atomic mass is 10.0. The van der Waals surface area contributed by atoms with Crippen molar-refractivity contribution in [3.63, 3.8) is 0 Å². The molecule has 8 heteroatoms. The van der Waals surface area contributed by atoms with Gasteiger partial charge in [-0.1, -0.05) is 18.2 Å². The number of anilines is 2. The molecule has 0 atom stereocenters. The Morgan fingerprint density at radius 1 is 1.06 bits per heavy atom. The minimum Gasteiger partial charge on any atom is -0.496 e. The lowest BCUT2D eigenvalue weighted by molar-refractivity contribution is -0.122. The fourth-order valence-corrected chi connectivity index (χ4v) is 3.68. The van der Waals surface area contributed by atoms with E-state index in [-0.39, 0.29) is 5.57 Å². The van der Waals surface area contributed by atoms with Gasteiger partial charge in [0.2, 0.25) is 0 Å². The van der Waals surface area contributed by atoms with E-state index in [0.717, 1.165) is 29.2 Å². The van der Waals surface area contributed by atoms with Crippen LogP contribution in [0.1, 0.15) is 11.1 Å². The van der Waals surface area contributed by atoms with Crippen LogP contribution in [0.5, 0.6) is 5.75 Å². The van der Waals surface area contributed by atoms with E-state index in [2.05, 4.69) is 10.2 Å². The maximum atomic E-state index is 13.1. The first kappa shape index (κ1) is 20.6. The minimum absolute atomic E-state index is 0.139. The predicted octanol–water partition coefficient (Wildman–Crippen LogP) is 2.51. The zero-order chi connectivity index (χ0) is 22.0. The van der Waals surface area contributed by atoms with E-state index in [9.17, 15) is 14.4 Å². The molecule has 0 bridgehead atoms. The molecule has 0 radical (unpaired) electrons. The third-order valence-electron chi connectivity index (χ3n) is 5.35. The summed E-state index contributed by atoms with van der Waals surface area (Å²) >= 11 is 0. The largest absolute Gasteiger partial charge is 0.496 e. The van der Waals surface area contributed by atoms with Gasteiger partial charge in [-0.15, -0.1) is 0 Å². The van der Waals surface area contributed by atoms with Crippen LogP contribution in [0.3, 0.4) is 0 Å². The number of para-hydroxylation sites is 1. The highest BCUT2D eigenvalue weighted by molar-refractivity contribution is 6.39. The van der Waals surface area contributed by atoms with E-state index in [1.54, 1.807) is 31.2 Å². The SMILES string of the molecule is COc1cc(N2CCOCC2)ccc1/C=C1\C(=O)NC(=O)N(c2ccccc2C)C1=O. The van der Waals surface area contributed by atoms with Crippen LogP contribution >= 0.6 is 0 Å². The zero-order valence-corrected chi connectivity index (χ0v) is 17.4. The molecular weight excluding hydrogens is 398 g/mol. The standard InChI is InChI=1S/C23H23N3O5/c1-15-5-3-4-6-19(15)26-22(28)18(21(27)24-23(26)29)13-16-7-8-17(14-20(16)30-2)25-9-11-31-12-10-25/h3-8,13-14H,9-12H2,1-2H3,(H,24,27,29)/b18-13+. The second-order valence-corrected chi connectivity index (χ2v) is 7.27. The Hall–Kier alpha value is -3.65. The fraction of sp³-hybridized carbons (Fsp3) is 0.261. The maximum absolute atomic E-state index is 13.1. The van der Waals surface area contributed by atoms with Gasteiger partial charge in [0.25, 0.3) is 11.8 Å². The molecule has 2 aromatic rings. The van der Waals surface area contributed by atoms with Gasteiger partial charge < -0.3 is 14.4 Å². The summed E-state index contributed by atoms with van der Waals surface area (Å²) in [7, 11) is 1.53. The summed E-state index contributed by atoms with van der Waals surface area (Å²) < 4.78 is 10.9. The molecule has 2 heterocycles. The Bertz CT molecular complexity index is 1070. The van der Waals surface area contributed by atoms with Gasteiger partial charge in [-0.3, -0.25) is 14.9 Å². The van der Waals surface area contributed by atoms with Crippen LogP contribution in [-0.4, -0.2) is 51.3 Å². The topological polar surface area (TPSA) is 88.2 Å². The van der Waals surface area contributed by atoms with Crippen molar-refractivity contribution in [1.82, 2.24) is 5.32 Å². The molecule has 1 N–H and O–H groups in total. The summed E-state index contributed by atoms with van der Waals surface area (Å²) in [5.74, 6) is -0.891. The Balaban J connectivity index is 1.69. The van der Waals surface area contributed by atoms with Crippen LogP contribution in [-0.2, 0) is 14.3 Å². The fourth-order valence-electron chi connectivity index (χ4n) is 3.68. The highest BCUT2D eigenvalue weighted by atomic mass is 16.5. The number of nitrogens with one attached hydrogen (secondary N) is 1. The number of hydrogen-bond donors (Lipinski definition) is 1. The normalized spacial score (nSPS) is 18.4. The number of imide groups is 2. The number of rotatable bonds is 4. The van der Waals surface area contributed by atoms with E-state index < -0.39 is 17.8 Å². The van der Waals surface area contributed by atoms with Crippen molar-refractivity contribution in [2.45, 2.75) is 6.92 Å². The number of urea groups is 1. The summed E-state index contributed by atoms with van der Waals surface area (Å²) in [5.41, 5.74) is 2.57. The highest BCUT2D eigenvalue weighted by Crippen LogP contribution is 2.30. The van der Waals surface area contributed by atoms with Gasteiger partial charge in [0.05, 0.1) is 26.0 Å². The molecule has 160 valence electrons. The van der Waals surface area contributed by atoms with Crippen LogP contribution in [0.2, 0.25) is 0 Å². The zero-order valence-electron chi connectivity index (χ0n) is 17.4. The van der Waals surface area contributed by atoms with Crippen molar-refractivity contribution in [2.24, 2.45) is 0 Å². The molecule has 8 nitrogen and oxygen atoms in total. The second-order valence-electron chi connectivity index (χ2n) is 7.27. The summed E-state index contributed by atoms with van der Waals surface area (Å²) in [6.07, 6.45) is 1.46. The molecule has 4 amide bonds. The quantitative estimate of drug-likeness (QED) is 0.603. The van der Waals surface area contributed by atoms with Gasteiger partial charge in [-0.05, 0) is 36.8 Å². The molecule has 31 heavy (non-hydrogen) atoms. The number of aryl methyl sites for hydroxylation is 1. The highest BCUT2D eigenvalue weighted by Gasteiger charge is 2.37. The van der Waals surface area contributed by atoms with E-state index in [1.165, 1.54) is 13.2 Å². The lowest BCUT2D eigenvalue weighted by Gasteiger charge is -2.29. The lowest BCUT2D eigenvalue weighted by Crippen LogP contribution is -2.54. The smallest absolute Gasteiger partial charge is 0.335 e. The monoisotopic (exact) mass is 421 g/mol. The van der Waals surface area contributed by atoms with Crippen molar-refractivity contribution in [1.29, 1.82) is 0 Å². The van der Waals surface area contributed by atoms with Crippen molar-refractivity contribution in [3.8, 4) is 5.75 Å². The number of barbiturate groups is 1. The molecule has 2 aliphatic heterocycles. The molecule has 4 rings (SSSR count). The number of carbonyl (C=O) groups is 3. The molecule has 0 saturated carbocycles. The molecule has 2 aliphatic rings. The van der Waals surface area contributed by atoms with Crippen molar-refractivity contribution in [2.75, 3.05) is 43.2 Å². The first-order valence-electron chi connectivity index (χ1n) is 9.97. The van der Waals surface area contributed by atoms with Crippen LogP contribution in [0.4, 0.5) is 16.2 Å². The Labute approximate surface area is 180 Å². The average molecular weight is 421 g/mol. The van der Waals surface area contributed by atoms with Crippen LogP contribution in [0, 0.1) is 6.92 Å². The summed E-state index contributed by atoms with van der Waals surface area (Å²) in [6, 6.07) is 11.8. The summed E-state index contributed by atoms with van der Waals surface area (Å²) in [5, 5.41) is 2.25. The van der Waals surface area contributed by atoms with Crippen molar-refractivity contribution < 1.29 is 23.9 Å². The maximum Gasteiger partial charge on any atom is 0.335 e. The first-order chi connectivity index (χ1) is 15.0. The van der Waals surface area contributed by atoms with Gasteiger partial charge in [-0.25, -0.2) is 9.69 Å². The van der Waals surface area contributed by atoms with Gasteiger partial charge >= 0.3 is 6.03 Å². The summed E-state index contributed by atoms with van der Waals surface area (Å²) in [6.45, 7) is 4.66. The van der Waals surface area contributed by atoms with Gasteiger partial charge in [0, 0.05) is 30.4 Å². The van der Waals surface area contributed by atoms with E-state index in [4.69, 9.17) is 9.47 Å². The van der Waals surface area contributed by atoms with Crippen molar-refractivity contribution >= 4 is 35.3 Å². The van der Waals surface area contributed by atoms with E-state index in [1.807, 2.05) is 18.2 Å². The van der Waals surface area contributed by atoms with Crippen LogP contribution in [0.15, 0.2) is 48.0 Å². The Morgan fingerprint density at radius 2 is 1.81 bits per heavy atom. The van der Waals surface area contributed by atoms with Gasteiger partial charge in [0.1, 0.15) is 11.3 Å². The number of ether oxygens (including phenoxy) is 2. The number of carbonyl (C=O) groups excluding carboxylic acids is 3. The first-order valence-corrected chi connectivity index (χ1v) is 9.97. The van der Waals surface area contributed by atoms with E-state index in [0.29, 0.717) is 30.2 Å². The molecular formula is C23H23N3O5. The summed E-state index contributed by atoms with van der Waals surface area (Å²) in [4.78, 5) is 41.2. The van der Waals surface area contributed by atoms with Crippen LogP contribution < -0.4 is 19.9 Å². The number of nitrogens with zero attached hydrogens (tertiary/aromatic N) is 2. The van der Waals surface area contributed by atoms with Crippen molar-refractivity contribution in [3.05, 3.63) is 59.2 Å².